The molecule has 0 amide bonds. The quantitative estimate of drug-likeness (QED) is 0.745. The van der Waals surface area contributed by atoms with Crippen molar-refractivity contribution in [3.8, 4) is 11.5 Å². The number of thiophene rings is 1. The molecule has 3 heterocycles. The van der Waals surface area contributed by atoms with Gasteiger partial charge in [-0.1, -0.05) is 6.07 Å². The smallest absolute Gasteiger partial charge is 0.258 e. The number of aromatic nitrogens is 2. The molecule has 2 aromatic heterocycles. The molecule has 6 nitrogen and oxygen atoms in total. The first-order chi connectivity index (χ1) is 12.7. The molecule has 1 fully saturated rings. The van der Waals surface area contributed by atoms with E-state index in [0.717, 1.165) is 19.4 Å². The van der Waals surface area contributed by atoms with Crippen molar-refractivity contribution in [3.63, 3.8) is 0 Å². The van der Waals surface area contributed by atoms with Crippen LogP contribution in [0.4, 0.5) is 0 Å². The standard InChI is InChI=1S/C19H21N3O3S/c1-24-15-9-12-13(10-16(15)25-2)20-18(21-19(12)23)11-22-7-3-5-14(22)17-6-4-8-26-17/h4,6,8-10,14H,3,5,7,11H2,1-2H3,(H,20,21,23)/t14-/m1/s1. The lowest BCUT2D eigenvalue weighted by Crippen LogP contribution is -2.25. The Balaban J connectivity index is 1.67. The van der Waals surface area contributed by atoms with E-state index in [4.69, 9.17) is 9.47 Å². The zero-order valence-corrected chi connectivity index (χ0v) is 15.6. The van der Waals surface area contributed by atoms with Crippen molar-refractivity contribution in [3.05, 3.63) is 50.7 Å². The molecule has 0 spiro atoms. The molecule has 3 aromatic rings. The van der Waals surface area contributed by atoms with Crippen LogP contribution in [0.25, 0.3) is 10.9 Å². The van der Waals surface area contributed by atoms with Gasteiger partial charge in [0.05, 0.1) is 31.7 Å². The highest BCUT2D eigenvalue weighted by atomic mass is 32.1. The minimum Gasteiger partial charge on any atom is -0.493 e. The maximum atomic E-state index is 12.5. The number of nitrogens with one attached hydrogen (secondary N) is 1. The van der Waals surface area contributed by atoms with E-state index in [2.05, 4.69) is 32.4 Å². The first-order valence-corrected chi connectivity index (χ1v) is 9.50. The minimum absolute atomic E-state index is 0.155. The minimum atomic E-state index is -0.155. The zero-order chi connectivity index (χ0) is 18.1. The Morgan fingerprint density at radius 1 is 1.31 bits per heavy atom. The number of H-pyrrole nitrogens is 1. The predicted octanol–water partition coefficient (Wildman–Crippen LogP) is 3.34. The molecule has 0 unspecified atom stereocenters. The molecule has 7 heteroatoms. The third kappa shape index (κ3) is 3.08. The van der Waals surface area contributed by atoms with Gasteiger partial charge in [-0.15, -0.1) is 11.3 Å². The summed E-state index contributed by atoms with van der Waals surface area (Å²) in [6.45, 7) is 1.64. The van der Waals surface area contributed by atoms with E-state index in [1.165, 1.54) is 4.88 Å². The lowest BCUT2D eigenvalue weighted by molar-refractivity contribution is 0.245. The first-order valence-electron chi connectivity index (χ1n) is 8.62. The van der Waals surface area contributed by atoms with Crippen molar-refractivity contribution in [2.45, 2.75) is 25.4 Å². The van der Waals surface area contributed by atoms with Gasteiger partial charge in [0.2, 0.25) is 0 Å². The molecule has 0 aliphatic carbocycles. The largest absolute Gasteiger partial charge is 0.493 e. The highest BCUT2D eigenvalue weighted by Gasteiger charge is 2.27. The molecule has 1 N–H and O–H groups in total. The number of benzene rings is 1. The molecule has 1 aliphatic rings. The summed E-state index contributed by atoms with van der Waals surface area (Å²) in [6.07, 6.45) is 2.30. The molecule has 1 saturated heterocycles. The van der Waals surface area contributed by atoms with E-state index in [1.807, 2.05) is 0 Å². The van der Waals surface area contributed by atoms with Crippen LogP contribution in [0.3, 0.4) is 0 Å². The second kappa shape index (κ2) is 7.09. The fraction of sp³-hybridized carbons (Fsp3) is 0.368. The SMILES string of the molecule is COc1cc2nc(CN3CCC[C@@H]3c3cccs3)[nH]c(=O)c2cc1OC. The van der Waals surface area contributed by atoms with E-state index >= 15 is 0 Å². The maximum Gasteiger partial charge on any atom is 0.258 e. The molecule has 1 aliphatic heterocycles. The van der Waals surface area contributed by atoms with Crippen molar-refractivity contribution in [2.75, 3.05) is 20.8 Å². The van der Waals surface area contributed by atoms with E-state index in [0.29, 0.717) is 40.8 Å². The lowest BCUT2D eigenvalue weighted by Gasteiger charge is -2.23. The van der Waals surface area contributed by atoms with Gasteiger partial charge in [-0.05, 0) is 36.9 Å². The molecule has 0 saturated carbocycles. The van der Waals surface area contributed by atoms with Crippen LogP contribution >= 0.6 is 11.3 Å². The third-order valence-electron chi connectivity index (χ3n) is 4.85. The average Bonchev–Trinajstić information content (AvgIpc) is 3.32. The van der Waals surface area contributed by atoms with Gasteiger partial charge in [0, 0.05) is 17.0 Å². The van der Waals surface area contributed by atoms with Gasteiger partial charge in [-0.3, -0.25) is 9.69 Å². The molecule has 136 valence electrons. The third-order valence-corrected chi connectivity index (χ3v) is 5.82. The molecule has 0 bridgehead atoms. The van der Waals surface area contributed by atoms with Crippen LogP contribution < -0.4 is 15.0 Å². The summed E-state index contributed by atoms with van der Waals surface area (Å²) in [5.74, 6) is 1.78. The van der Waals surface area contributed by atoms with Gasteiger partial charge in [0.15, 0.2) is 11.5 Å². The Morgan fingerprint density at radius 3 is 2.85 bits per heavy atom. The zero-order valence-electron chi connectivity index (χ0n) is 14.8. The molecular formula is C19H21N3O3S. The highest BCUT2D eigenvalue weighted by Crippen LogP contribution is 2.35. The number of rotatable bonds is 5. The lowest BCUT2D eigenvalue weighted by atomic mass is 10.2. The summed E-state index contributed by atoms with van der Waals surface area (Å²) in [5.41, 5.74) is 0.464. The number of hydrogen-bond donors (Lipinski definition) is 1. The van der Waals surface area contributed by atoms with Gasteiger partial charge in [-0.2, -0.15) is 0 Å². The van der Waals surface area contributed by atoms with Crippen molar-refractivity contribution < 1.29 is 9.47 Å². The van der Waals surface area contributed by atoms with Crippen LogP contribution in [0.2, 0.25) is 0 Å². The Labute approximate surface area is 155 Å². The number of methoxy groups -OCH3 is 2. The van der Waals surface area contributed by atoms with E-state index in [1.54, 1.807) is 37.7 Å². The van der Waals surface area contributed by atoms with Crippen LogP contribution in [0.1, 0.15) is 29.6 Å². The Kier molecular flexibility index (Phi) is 4.65. The van der Waals surface area contributed by atoms with Gasteiger partial charge < -0.3 is 14.5 Å². The number of aromatic amines is 1. The number of hydrogen-bond acceptors (Lipinski definition) is 6. The van der Waals surface area contributed by atoms with Gasteiger partial charge in [-0.25, -0.2) is 4.98 Å². The van der Waals surface area contributed by atoms with Gasteiger partial charge >= 0.3 is 0 Å². The predicted molar refractivity (Wildman–Crippen MR) is 102 cm³/mol. The summed E-state index contributed by atoms with van der Waals surface area (Å²) in [4.78, 5) is 23.9. The fourth-order valence-corrected chi connectivity index (χ4v) is 4.50. The molecular weight excluding hydrogens is 350 g/mol. The van der Waals surface area contributed by atoms with Crippen LogP contribution in [0.5, 0.6) is 11.5 Å². The number of ether oxygens (including phenoxy) is 2. The summed E-state index contributed by atoms with van der Waals surface area (Å²) < 4.78 is 10.6. The second-order valence-corrected chi connectivity index (χ2v) is 7.36. The van der Waals surface area contributed by atoms with Crippen LogP contribution in [-0.4, -0.2) is 35.6 Å². The van der Waals surface area contributed by atoms with E-state index in [9.17, 15) is 4.79 Å². The van der Waals surface area contributed by atoms with E-state index < -0.39 is 0 Å². The number of nitrogens with zero attached hydrogens (tertiary/aromatic N) is 2. The van der Waals surface area contributed by atoms with Crippen molar-refractivity contribution in [2.24, 2.45) is 0 Å². The molecule has 1 atom stereocenters. The number of likely N-dealkylation sites (tertiary alicyclic amines) is 1. The monoisotopic (exact) mass is 371 g/mol. The average molecular weight is 371 g/mol. The summed E-state index contributed by atoms with van der Waals surface area (Å²) in [5, 5.41) is 2.62. The Morgan fingerprint density at radius 2 is 2.12 bits per heavy atom. The highest BCUT2D eigenvalue weighted by molar-refractivity contribution is 7.10. The van der Waals surface area contributed by atoms with Crippen molar-refractivity contribution in [1.82, 2.24) is 14.9 Å². The van der Waals surface area contributed by atoms with Crippen LogP contribution in [-0.2, 0) is 6.54 Å². The van der Waals surface area contributed by atoms with Crippen LogP contribution in [0.15, 0.2) is 34.4 Å². The van der Waals surface area contributed by atoms with Gasteiger partial charge in [0.25, 0.3) is 5.56 Å². The van der Waals surface area contributed by atoms with E-state index in [-0.39, 0.29) is 5.56 Å². The molecule has 1 aromatic carbocycles. The summed E-state index contributed by atoms with van der Waals surface area (Å²) in [7, 11) is 3.13. The first kappa shape index (κ1) is 17.1. The second-order valence-electron chi connectivity index (χ2n) is 6.38. The molecule has 26 heavy (non-hydrogen) atoms. The van der Waals surface area contributed by atoms with Crippen molar-refractivity contribution >= 4 is 22.2 Å². The topological polar surface area (TPSA) is 67.5 Å². The van der Waals surface area contributed by atoms with Gasteiger partial charge in [0.1, 0.15) is 5.82 Å². The maximum absolute atomic E-state index is 12.5. The van der Waals surface area contributed by atoms with Crippen LogP contribution in [0, 0.1) is 0 Å². The summed E-state index contributed by atoms with van der Waals surface area (Å²) >= 11 is 1.78. The fourth-order valence-electron chi connectivity index (χ4n) is 3.60. The Bertz CT molecular complexity index is 968. The number of fused-ring (bicyclic) bond motifs is 1. The summed E-state index contributed by atoms with van der Waals surface area (Å²) in [6, 6.07) is 8.11. The van der Waals surface area contributed by atoms with Crippen molar-refractivity contribution in [1.29, 1.82) is 0 Å². The molecule has 0 radical (unpaired) electrons. The Hall–Kier alpha value is -2.38. The normalized spacial score (nSPS) is 17.7. The molecule has 4 rings (SSSR count).